The van der Waals surface area contributed by atoms with E-state index in [4.69, 9.17) is 0 Å². The molecule has 0 saturated carbocycles. The van der Waals surface area contributed by atoms with Crippen molar-refractivity contribution >= 4 is 11.5 Å². The SMILES string of the molecule is O=C1CC2CCCC(C1)N2c1c(F)cc(F)cc1F. The molecule has 102 valence electrons. The summed E-state index contributed by atoms with van der Waals surface area (Å²) in [5, 5.41) is 0. The molecule has 2 fully saturated rings. The summed E-state index contributed by atoms with van der Waals surface area (Å²) >= 11 is 0. The molecule has 0 N–H and O–H groups in total. The van der Waals surface area contributed by atoms with E-state index in [1.54, 1.807) is 4.90 Å². The molecule has 0 aliphatic carbocycles. The zero-order valence-corrected chi connectivity index (χ0v) is 10.3. The van der Waals surface area contributed by atoms with Gasteiger partial charge >= 0.3 is 0 Å². The number of fused-ring (bicyclic) bond motifs is 2. The second kappa shape index (κ2) is 4.54. The second-order valence-corrected chi connectivity index (χ2v) is 5.31. The van der Waals surface area contributed by atoms with Crippen molar-refractivity contribution in [3.05, 3.63) is 29.6 Å². The smallest absolute Gasteiger partial charge is 0.152 e. The molecule has 2 aliphatic heterocycles. The van der Waals surface area contributed by atoms with E-state index in [-0.39, 0.29) is 23.6 Å². The normalized spacial score (nSPS) is 26.7. The summed E-state index contributed by atoms with van der Waals surface area (Å²) in [7, 11) is 0. The Morgan fingerprint density at radius 1 is 1.00 bits per heavy atom. The van der Waals surface area contributed by atoms with Crippen molar-refractivity contribution in [2.45, 2.75) is 44.2 Å². The number of carbonyl (C=O) groups excluding carboxylic acids is 1. The lowest BCUT2D eigenvalue weighted by molar-refractivity contribution is -0.121. The predicted molar refractivity (Wildman–Crippen MR) is 64.5 cm³/mol. The van der Waals surface area contributed by atoms with Gasteiger partial charge in [0.25, 0.3) is 0 Å². The molecule has 2 nitrogen and oxygen atoms in total. The molecule has 2 aliphatic rings. The van der Waals surface area contributed by atoms with Crippen LogP contribution in [0.1, 0.15) is 32.1 Å². The number of anilines is 1. The van der Waals surface area contributed by atoms with Crippen molar-refractivity contribution in [1.82, 2.24) is 0 Å². The van der Waals surface area contributed by atoms with E-state index in [1.165, 1.54) is 0 Å². The Morgan fingerprint density at radius 2 is 1.53 bits per heavy atom. The third kappa shape index (κ3) is 2.11. The zero-order valence-electron chi connectivity index (χ0n) is 10.3. The van der Waals surface area contributed by atoms with E-state index in [1.807, 2.05) is 0 Å². The van der Waals surface area contributed by atoms with Crippen LogP contribution in [0.2, 0.25) is 0 Å². The van der Waals surface area contributed by atoms with Gasteiger partial charge in [0.2, 0.25) is 0 Å². The summed E-state index contributed by atoms with van der Waals surface area (Å²) < 4.78 is 40.8. The van der Waals surface area contributed by atoms with Gasteiger partial charge in [-0.1, -0.05) is 0 Å². The van der Waals surface area contributed by atoms with Crippen LogP contribution in [-0.2, 0) is 4.79 Å². The fourth-order valence-corrected chi connectivity index (χ4v) is 3.32. The molecule has 5 heteroatoms. The highest BCUT2D eigenvalue weighted by atomic mass is 19.1. The molecule has 2 saturated heterocycles. The molecule has 2 unspecified atom stereocenters. The van der Waals surface area contributed by atoms with Gasteiger partial charge in [-0.05, 0) is 19.3 Å². The van der Waals surface area contributed by atoms with Crippen LogP contribution in [0.5, 0.6) is 0 Å². The molecule has 1 aromatic carbocycles. The van der Waals surface area contributed by atoms with Gasteiger partial charge in [-0.3, -0.25) is 4.79 Å². The highest BCUT2D eigenvalue weighted by Gasteiger charge is 2.39. The highest BCUT2D eigenvalue weighted by Crippen LogP contribution is 2.38. The van der Waals surface area contributed by atoms with Crippen LogP contribution in [0.3, 0.4) is 0 Å². The number of piperidine rings is 2. The topological polar surface area (TPSA) is 20.3 Å². The summed E-state index contributed by atoms with van der Waals surface area (Å²) in [5.41, 5.74) is -0.177. The minimum Gasteiger partial charge on any atom is -0.360 e. The van der Waals surface area contributed by atoms with Crippen LogP contribution in [0.25, 0.3) is 0 Å². The van der Waals surface area contributed by atoms with Crippen molar-refractivity contribution in [2.75, 3.05) is 4.90 Å². The number of hydrogen-bond donors (Lipinski definition) is 0. The summed E-state index contributed by atoms with van der Waals surface area (Å²) in [6.07, 6.45) is 3.11. The van der Waals surface area contributed by atoms with Crippen LogP contribution in [0, 0.1) is 17.5 Å². The maximum absolute atomic E-state index is 13.9. The van der Waals surface area contributed by atoms with Gasteiger partial charge in [0.1, 0.15) is 17.3 Å². The lowest BCUT2D eigenvalue weighted by atomic mass is 9.83. The maximum Gasteiger partial charge on any atom is 0.152 e. The minimum atomic E-state index is -0.919. The van der Waals surface area contributed by atoms with E-state index < -0.39 is 17.5 Å². The van der Waals surface area contributed by atoms with Crippen molar-refractivity contribution < 1.29 is 18.0 Å². The number of Topliss-reactive ketones (excluding diaryl/α,β-unsaturated/α-hetero) is 1. The van der Waals surface area contributed by atoms with E-state index in [0.29, 0.717) is 25.0 Å². The molecule has 0 amide bonds. The molecule has 2 heterocycles. The van der Waals surface area contributed by atoms with Crippen LogP contribution in [-0.4, -0.2) is 17.9 Å². The van der Waals surface area contributed by atoms with Gasteiger partial charge in [-0.2, -0.15) is 0 Å². The van der Waals surface area contributed by atoms with E-state index >= 15 is 0 Å². The molecule has 3 rings (SSSR count). The maximum atomic E-state index is 13.9. The Morgan fingerprint density at radius 3 is 2.05 bits per heavy atom. The standard InChI is InChI=1S/C14H14F3NO/c15-8-4-12(16)14(13(17)5-8)18-9-2-1-3-10(18)7-11(19)6-9/h4-5,9-10H,1-3,6-7H2. The number of ketones is 1. The Kier molecular flexibility index (Phi) is 2.99. The first-order valence-electron chi connectivity index (χ1n) is 6.51. The van der Waals surface area contributed by atoms with Crippen LogP contribution in [0.15, 0.2) is 12.1 Å². The fourth-order valence-electron chi connectivity index (χ4n) is 3.32. The molecule has 0 aromatic heterocycles. The summed E-state index contributed by atoms with van der Waals surface area (Å²) in [6.45, 7) is 0. The number of halogens is 3. The average molecular weight is 269 g/mol. The van der Waals surface area contributed by atoms with Gasteiger partial charge in [0, 0.05) is 37.1 Å². The van der Waals surface area contributed by atoms with Gasteiger partial charge in [0.15, 0.2) is 11.6 Å². The molecule has 0 spiro atoms. The van der Waals surface area contributed by atoms with Gasteiger partial charge in [-0.15, -0.1) is 0 Å². The van der Waals surface area contributed by atoms with Crippen LogP contribution < -0.4 is 4.90 Å². The zero-order chi connectivity index (χ0) is 13.6. The van der Waals surface area contributed by atoms with Crippen molar-refractivity contribution in [1.29, 1.82) is 0 Å². The molecular weight excluding hydrogens is 255 g/mol. The Hall–Kier alpha value is -1.52. The Bertz CT molecular complexity index is 492. The lowest BCUT2D eigenvalue weighted by Gasteiger charge is -2.47. The van der Waals surface area contributed by atoms with Crippen LogP contribution >= 0.6 is 0 Å². The van der Waals surface area contributed by atoms with Crippen molar-refractivity contribution in [2.24, 2.45) is 0 Å². The largest absolute Gasteiger partial charge is 0.360 e. The number of nitrogens with zero attached hydrogens (tertiary/aromatic N) is 1. The first-order chi connectivity index (χ1) is 9.06. The molecule has 19 heavy (non-hydrogen) atoms. The highest BCUT2D eigenvalue weighted by molar-refractivity contribution is 5.82. The average Bonchev–Trinajstić information content (AvgIpc) is 2.28. The third-order valence-electron chi connectivity index (χ3n) is 4.03. The Labute approximate surface area is 109 Å². The predicted octanol–water partition coefficient (Wildman–Crippen LogP) is 3.19. The molecule has 2 bridgehead atoms. The number of hydrogen-bond acceptors (Lipinski definition) is 2. The van der Waals surface area contributed by atoms with Gasteiger partial charge in [0.05, 0.1) is 0 Å². The Balaban J connectivity index is 2.04. The van der Waals surface area contributed by atoms with Gasteiger partial charge < -0.3 is 4.90 Å². The van der Waals surface area contributed by atoms with E-state index in [0.717, 1.165) is 19.3 Å². The number of benzene rings is 1. The van der Waals surface area contributed by atoms with E-state index in [9.17, 15) is 18.0 Å². The van der Waals surface area contributed by atoms with E-state index in [2.05, 4.69) is 0 Å². The first-order valence-corrected chi connectivity index (χ1v) is 6.51. The monoisotopic (exact) mass is 269 g/mol. The molecule has 2 atom stereocenters. The van der Waals surface area contributed by atoms with Crippen LogP contribution in [0.4, 0.5) is 18.9 Å². The van der Waals surface area contributed by atoms with Gasteiger partial charge in [-0.25, -0.2) is 13.2 Å². The fraction of sp³-hybridized carbons (Fsp3) is 0.500. The lowest BCUT2D eigenvalue weighted by Crippen LogP contribution is -2.53. The number of carbonyl (C=O) groups is 1. The summed E-state index contributed by atoms with van der Waals surface area (Å²) in [5.74, 6) is -2.54. The molecule has 0 radical (unpaired) electrons. The second-order valence-electron chi connectivity index (χ2n) is 5.31. The quantitative estimate of drug-likeness (QED) is 0.780. The summed E-state index contributed by atoms with van der Waals surface area (Å²) in [4.78, 5) is 13.3. The van der Waals surface area contributed by atoms with Crippen molar-refractivity contribution in [3.8, 4) is 0 Å². The van der Waals surface area contributed by atoms with Crippen molar-refractivity contribution in [3.63, 3.8) is 0 Å². The summed E-state index contributed by atoms with van der Waals surface area (Å²) in [6, 6.07) is 1.08. The molecule has 1 aromatic rings. The third-order valence-corrected chi connectivity index (χ3v) is 4.03. The number of rotatable bonds is 1. The first kappa shape index (κ1) is 12.5. The molecular formula is C14H14F3NO. The minimum absolute atomic E-state index is 0.147.